The summed E-state index contributed by atoms with van der Waals surface area (Å²) in [5, 5.41) is 9.36. The molecule has 84 valence electrons. The van der Waals surface area contributed by atoms with Crippen LogP contribution in [0.15, 0.2) is 18.2 Å². The predicted molar refractivity (Wildman–Crippen MR) is 61.6 cm³/mol. The molecule has 0 aliphatic rings. The second-order valence-corrected chi connectivity index (χ2v) is 3.47. The summed E-state index contributed by atoms with van der Waals surface area (Å²) in [5.74, 6) is 0. The molecule has 1 rings (SSSR count). The van der Waals surface area contributed by atoms with Crippen LogP contribution < -0.4 is 4.90 Å². The molecule has 0 unspecified atom stereocenters. The SMILES string of the molecule is CCOC(=O)N(C)c1cc(Cl)ccc1C#N. The van der Waals surface area contributed by atoms with Crippen molar-refractivity contribution in [2.75, 3.05) is 18.6 Å². The van der Waals surface area contributed by atoms with Gasteiger partial charge in [-0.25, -0.2) is 4.79 Å². The Labute approximate surface area is 99.0 Å². The van der Waals surface area contributed by atoms with Gasteiger partial charge >= 0.3 is 6.09 Å². The number of hydrogen-bond donors (Lipinski definition) is 0. The van der Waals surface area contributed by atoms with Crippen LogP contribution in [0, 0.1) is 11.3 Å². The summed E-state index contributed by atoms with van der Waals surface area (Å²) < 4.78 is 4.83. The van der Waals surface area contributed by atoms with Gasteiger partial charge in [0.1, 0.15) is 6.07 Å². The molecule has 0 spiro atoms. The first-order chi connectivity index (χ1) is 7.60. The molecule has 0 bridgehead atoms. The zero-order chi connectivity index (χ0) is 12.1. The number of rotatable bonds is 2. The molecule has 0 aliphatic heterocycles. The summed E-state index contributed by atoms with van der Waals surface area (Å²) in [4.78, 5) is 12.7. The van der Waals surface area contributed by atoms with E-state index in [4.69, 9.17) is 21.6 Å². The Bertz CT molecular complexity index is 440. The molecule has 0 N–H and O–H groups in total. The van der Waals surface area contributed by atoms with Gasteiger partial charge in [-0.15, -0.1) is 0 Å². The van der Waals surface area contributed by atoms with E-state index in [9.17, 15) is 4.79 Å². The van der Waals surface area contributed by atoms with Crippen molar-refractivity contribution in [3.63, 3.8) is 0 Å². The number of carbonyl (C=O) groups excluding carboxylic acids is 1. The highest BCUT2D eigenvalue weighted by Crippen LogP contribution is 2.23. The topological polar surface area (TPSA) is 53.3 Å². The fourth-order valence-corrected chi connectivity index (χ4v) is 1.36. The Balaban J connectivity index is 3.07. The maximum absolute atomic E-state index is 11.5. The third-order valence-corrected chi connectivity index (χ3v) is 2.22. The molecule has 0 fully saturated rings. The van der Waals surface area contributed by atoms with Crippen molar-refractivity contribution in [2.24, 2.45) is 0 Å². The third-order valence-electron chi connectivity index (χ3n) is 1.98. The van der Waals surface area contributed by atoms with Crippen molar-refractivity contribution >= 4 is 23.4 Å². The number of nitrogens with zero attached hydrogens (tertiary/aromatic N) is 2. The highest BCUT2D eigenvalue weighted by atomic mass is 35.5. The first-order valence-electron chi connectivity index (χ1n) is 4.70. The molecule has 0 aliphatic carbocycles. The van der Waals surface area contributed by atoms with Gasteiger partial charge in [0.2, 0.25) is 0 Å². The van der Waals surface area contributed by atoms with E-state index in [1.165, 1.54) is 11.9 Å². The Morgan fingerprint density at radius 1 is 1.62 bits per heavy atom. The van der Waals surface area contributed by atoms with E-state index in [1.807, 2.05) is 6.07 Å². The predicted octanol–water partition coefficient (Wildman–Crippen LogP) is 2.80. The van der Waals surface area contributed by atoms with Crippen LogP contribution in [0.4, 0.5) is 10.5 Å². The van der Waals surface area contributed by atoms with Crippen LogP contribution in [-0.4, -0.2) is 19.7 Å². The lowest BCUT2D eigenvalue weighted by molar-refractivity contribution is 0.161. The zero-order valence-electron chi connectivity index (χ0n) is 9.03. The van der Waals surface area contributed by atoms with E-state index in [-0.39, 0.29) is 6.61 Å². The van der Waals surface area contributed by atoms with Gasteiger partial charge < -0.3 is 4.74 Å². The van der Waals surface area contributed by atoms with E-state index in [2.05, 4.69) is 0 Å². The fraction of sp³-hybridized carbons (Fsp3) is 0.273. The maximum atomic E-state index is 11.5. The summed E-state index contributed by atoms with van der Waals surface area (Å²) in [6.45, 7) is 2.00. The van der Waals surface area contributed by atoms with Crippen LogP contribution in [0.1, 0.15) is 12.5 Å². The van der Waals surface area contributed by atoms with Gasteiger partial charge in [-0.3, -0.25) is 4.90 Å². The maximum Gasteiger partial charge on any atom is 0.414 e. The first kappa shape index (κ1) is 12.3. The normalized spacial score (nSPS) is 9.38. The summed E-state index contributed by atoms with van der Waals surface area (Å²) >= 11 is 5.81. The van der Waals surface area contributed by atoms with Gasteiger partial charge in [-0.1, -0.05) is 11.6 Å². The zero-order valence-corrected chi connectivity index (χ0v) is 9.78. The van der Waals surface area contributed by atoms with Gasteiger partial charge in [-0.2, -0.15) is 5.26 Å². The Morgan fingerprint density at radius 2 is 2.31 bits per heavy atom. The van der Waals surface area contributed by atoms with Crippen molar-refractivity contribution in [1.29, 1.82) is 5.26 Å². The molecule has 0 heterocycles. The molecule has 1 aromatic carbocycles. The monoisotopic (exact) mass is 238 g/mol. The number of nitriles is 1. The van der Waals surface area contributed by atoms with Crippen LogP contribution in [0.2, 0.25) is 5.02 Å². The van der Waals surface area contributed by atoms with Crippen LogP contribution in [0.3, 0.4) is 0 Å². The second-order valence-electron chi connectivity index (χ2n) is 3.03. The molecule has 4 nitrogen and oxygen atoms in total. The number of halogens is 1. The third kappa shape index (κ3) is 2.65. The summed E-state index contributed by atoms with van der Waals surface area (Å²) in [6.07, 6.45) is -0.513. The summed E-state index contributed by atoms with van der Waals surface area (Å²) in [6, 6.07) is 6.71. The van der Waals surface area contributed by atoms with Crippen LogP contribution >= 0.6 is 11.6 Å². The minimum atomic E-state index is -0.513. The molecule has 0 radical (unpaired) electrons. The van der Waals surface area contributed by atoms with Crippen molar-refractivity contribution < 1.29 is 9.53 Å². The van der Waals surface area contributed by atoms with Crippen molar-refractivity contribution in [3.05, 3.63) is 28.8 Å². The number of benzene rings is 1. The number of hydrogen-bond acceptors (Lipinski definition) is 3. The molecule has 1 aromatic rings. The summed E-state index contributed by atoms with van der Waals surface area (Å²) in [7, 11) is 1.53. The van der Waals surface area contributed by atoms with E-state index < -0.39 is 6.09 Å². The lowest BCUT2D eigenvalue weighted by Crippen LogP contribution is -2.27. The highest BCUT2D eigenvalue weighted by molar-refractivity contribution is 6.31. The molecule has 5 heteroatoms. The number of carbonyl (C=O) groups is 1. The molecular weight excluding hydrogens is 228 g/mol. The minimum absolute atomic E-state index is 0.283. The van der Waals surface area contributed by atoms with E-state index >= 15 is 0 Å². The van der Waals surface area contributed by atoms with Gasteiger partial charge in [-0.05, 0) is 25.1 Å². The molecular formula is C11H11ClN2O2. The molecule has 0 atom stereocenters. The van der Waals surface area contributed by atoms with Gasteiger partial charge in [0, 0.05) is 12.1 Å². The first-order valence-corrected chi connectivity index (χ1v) is 5.08. The highest BCUT2D eigenvalue weighted by Gasteiger charge is 2.15. The van der Waals surface area contributed by atoms with E-state index in [0.717, 1.165) is 0 Å². The van der Waals surface area contributed by atoms with E-state index in [0.29, 0.717) is 16.3 Å². The second kappa shape index (κ2) is 5.38. The average molecular weight is 239 g/mol. The minimum Gasteiger partial charge on any atom is -0.449 e. The van der Waals surface area contributed by atoms with Crippen molar-refractivity contribution in [3.8, 4) is 6.07 Å². The van der Waals surface area contributed by atoms with Crippen LogP contribution in [0.5, 0.6) is 0 Å². The standard InChI is InChI=1S/C11H11ClN2O2/c1-3-16-11(15)14(2)10-6-9(12)5-4-8(10)7-13/h4-6H,3H2,1-2H3. The van der Waals surface area contributed by atoms with Crippen LogP contribution in [0.25, 0.3) is 0 Å². The van der Waals surface area contributed by atoms with Gasteiger partial charge in [0.05, 0.1) is 17.9 Å². The molecule has 1 amide bonds. The Hall–Kier alpha value is -1.73. The number of ether oxygens (including phenoxy) is 1. The fourth-order valence-electron chi connectivity index (χ4n) is 1.20. The summed E-state index contributed by atoms with van der Waals surface area (Å²) in [5.41, 5.74) is 0.813. The molecule has 16 heavy (non-hydrogen) atoms. The lowest BCUT2D eigenvalue weighted by Gasteiger charge is -2.17. The van der Waals surface area contributed by atoms with E-state index in [1.54, 1.807) is 25.1 Å². The quantitative estimate of drug-likeness (QED) is 0.796. The molecule has 0 saturated carbocycles. The van der Waals surface area contributed by atoms with Crippen molar-refractivity contribution in [1.82, 2.24) is 0 Å². The van der Waals surface area contributed by atoms with Crippen molar-refractivity contribution in [2.45, 2.75) is 6.92 Å². The number of anilines is 1. The smallest absolute Gasteiger partial charge is 0.414 e. The lowest BCUT2D eigenvalue weighted by atomic mass is 10.2. The average Bonchev–Trinajstić information content (AvgIpc) is 2.28. The molecule has 0 aromatic heterocycles. The molecule has 0 saturated heterocycles. The number of amides is 1. The largest absolute Gasteiger partial charge is 0.449 e. The Kier molecular flexibility index (Phi) is 4.15. The van der Waals surface area contributed by atoms with Gasteiger partial charge in [0.25, 0.3) is 0 Å². The van der Waals surface area contributed by atoms with Gasteiger partial charge in [0.15, 0.2) is 0 Å². The van der Waals surface area contributed by atoms with Crippen LogP contribution in [-0.2, 0) is 4.74 Å². The Morgan fingerprint density at radius 3 is 2.88 bits per heavy atom.